The van der Waals surface area contributed by atoms with Gasteiger partial charge in [-0.3, -0.25) is 0 Å². The van der Waals surface area contributed by atoms with Crippen LogP contribution in [-0.4, -0.2) is 53.7 Å². The maximum absolute atomic E-state index is 14.8. The van der Waals surface area contributed by atoms with Crippen LogP contribution in [0.15, 0.2) is 53.5 Å². The summed E-state index contributed by atoms with van der Waals surface area (Å²) in [7, 11) is 1.62. The Morgan fingerprint density at radius 3 is 2.70 bits per heavy atom. The Balaban J connectivity index is 1.39. The van der Waals surface area contributed by atoms with Gasteiger partial charge in [0.1, 0.15) is 5.75 Å². The second kappa shape index (κ2) is 8.95. The van der Waals surface area contributed by atoms with Gasteiger partial charge in [-0.2, -0.15) is 5.10 Å². The lowest BCUT2D eigenvalue weighted by atomic mass is 9.74. The maximum atomic E-state index is 14.8. The molecule has 1 N–H and O–H groups in total. The van der Waals surface area contributed by atoms with Gasteiger partial charge in [0.2, 0.25) is 0 Å². The number of hydrogen-bond acceptors (Lipinski definition) is 6. The Labute approximate surface area is 212 Å². The third kappa shape index (κ3) is 4.05. The number of aryl methyl sites for hydroxylation is 1. The zero-order valence-electron chi connectivity index (χ0n) is 20.5. The molecule has 0 aliphatic carbocycles. The van der Waals surface area contributed by atoms with Crippen LogP contribution < -0.4 is 10.2 Å². The number of fused-ring (bicyclic) bond motifs is 1. The van der Waals surface area contributed by atoms with E-state index in [9.17, 15) is 13.2 Å². The van der Waals surface area contributed by atoms with Crippen LogP contribution in [0.3, 0.4) is 0 Å². The van der Waals surface area contributed by atoms with E-state index in [1.165, 1.54) is 6.07 Å². The van der Waals surface area contributed by atoms with E-state index in [-0.39, 0.29) is 17.5 Å². The zero-order valence-corrected chi connectivity index (χ0v) is 20.5. The number of halogens is 3. The minimum absolute atomic E-state index is 0.0945. The third-order valence-corrected chi connectivity index (χ3v) is 7.25. The Morgan fingerprint density at radius 2 is 2.00 bits per heavy atom. The van der Waals surface area contributed by atoms with Crippen LogP contribution in [0.2, 0.25) is 0 Å². The molecule has 1 spiro atoms. The number of hydrazone groups is 1. The topological polar surface area (TPSA) is 63.9 Å². The van der Waals surface area contributed by atoms with Crippen LogP contribution in [0, 0.1) is 29.8 Å². The molecule has 0 radical (unpaired) electrons. The van der Waals surface area contributed by atoms with Gasteiger partial charge in [-0.25, -0.2) is 18.2 Å². The number of rotatable bonds is 4. The number of nitrogens with one attached hydrogen (secondary N) is 1. The number of piperidine rings is 1. The normalized spacial score (nSPS) is 21.3. The Bertz CT molecular complexity index is 1430. The summed E-state index contributed by atoms with van der Waals surface area (Å²) in [6, 6.07) is 7.64. The SMILES string of the molecule is COc1cc(/C=C2\CC3(COC3)CN3C2=NNCC3c2ccc(F)c(F)c2F)ccc1-n1cnc(C)c1. The molecule has 0 saturated carbocycles. The molecular formula is C27H26F3N5O2. The number of ether oxygens (including phenoxy) is 2. The summed E-state index contributed by atoms with van der Waals surface area (Å²) in [6.45, 7) is 3.90. The summed E-state index contributed by atoms with van der Waals surface area (Å²) < 4.78 is 55.7. The summed E-state index contributed by atoms with van der Waals surface area (Å²) in [4.78, 5) is 6.28. The number of methoxy groups -OCH3 is 1. The molecule has 6 rings (SSSR count). The first-order valence-electron chi connectivity index (χ1n) is 12.1. The van der Waals surface area contributed by atoms with E-state index < -0.39 is 23.5 Å². The molecule has 2 aromatic carbocycles. The molecule has 1 atom stereocenters. The van der Waals surface area contributed by atoms with Crippen molar-refractivity contribution in [2.45, 2.75) is 19.4 Å². The highest BCUT2D eigenvalue weighted by atomic mass is 19.2. The average Bonchev–Trinajstić information content (AvgIpc) is 3.32. The molecule has 1 aromatic heterocycles. The first kappa shape index (κ1) is 23.6. The molecule has 0 bridgehead atoms. The van der Waals surface area contributed by atoms with E-state index in [0.29, 0.717) is 31.3 Å². The quantitative estimate of drug-likeness (QED) is 0.530. The molecule has 2 saturated heterocycles. The standard InChI is InChI=1S/C27H26F3N5O2/c1-16-11-34(15-31-16)21-6-3-17(8-23(21)36-2)7-18-9-27(13-37-14-27)12-35-22(10-32-33-26(18)35)19-4-5-20(28)25(30)24(19)29/h3-8,11,15,22,32H,9-10,12-14H2,1-2H3/b18-7+. The third-order valence-electron chi connectivity index (χ3n) is 7.25. The Kier molecular flexibility index (Phi) is 5.71. The van der Waals surface area contributed by atoms with Crippen LogP contribution in [0.4, 0.5) is 13.2 Å². The van der Waals surface area contributed by atoms with E-state index in [0.717, 1.165) is 35.0 Å². The molecule has 0 amide bonds. The predicted octanol–water partition coefficient (Wildman–Crippen LogP) is 4.37. The lowest BCUT2D eigenvalue weighted by Gasteiger charge is -2.53. The Hall–Kier alpha value is -3.79. The number of benzene rings is 2. The average molecular weight is 510 g/mol. The second-order valence-electron chi connectivity index (χ2n) is 9.90. The zero-order chi connectivity index (χ0) is 25.7. The van der Waals surface area contributed by atoms with Crippen LogP contribution in [0.5, 0.6) is 5.75 Å². The van der Waals surface area contributed by atoms with Crippen molar-refractivity contribution in [3.05, 3.63) is 82.7 Å². The molecule has 3 aromatic rings. The first-order valence-corrected chi connectivity index (χ1v) is 12.1. The summed E-state index contributed by atoms with van der Waals surface area (Å²) in [6.07, 6.45) is 6.43. The first-order chi connectivity index (χ1) is 17.9. The highest BCUT2D eigenvalue weighted by Crippen LogP contribution is 2.44. The highest BCUT2D eigenvalue weighted by Gasteiger charge is 2.49. The van der Waals surface area contributed by atoms with Crippen molar-refractivity contribution in [1.82, 2.24) is 19.9 Å². The fourth-order valence-electron chi connectivity index (χ4n) is 5.40. The van der Waals surface area contributed by atoms with Gasteiger partial charge in [0.25, 0.3) is 0 Å². The van der Waals surface area contributed by atoms with E-state index in [1.54, 1.807) is 13.4 Å². The fraction of sp³-hybridized carbons (Fsp3) is 0.333. The molecule has 2 fully saturated rings. The number of imidazole rings is 1. The number of hydrogen-bond donors (Lipinski definition) is 1. The van der Waals surface area contributed by atoms with Crippen molar-refractivity contribution in [3.8, 4) is 11.4 Å². The molecule has 4 heterocycles. The minimum Gasteiger partial charge on any atom is -0.495 e. The largest absolute Gasteiger partial charge is 0.495 e. The van der Waals surface area contributed by atoms with Crippen LogP contribution in [0.1, 0.15) is 29.3 Å². The summed E-state index contributed by atoms with van der Waals surface area (Å²) in [5.74, 6) is -2.49. The summed E-state index contributed by atoms with van der Waals surface area (Å²) in [5.41, 5.74) is 6.55. The van der Waals surface area contributed by atoms with E-state index in [1.807, 2.05) is 46.9 Å². The number of nitrogens with zero attached hydrogens (tertiary/aromatic N) is 4. The number of amidine groups is 1. The van der Waals surface area contributed by atoms with Crippen molar-refractivity contribution < 1.29 is 22.6 Å². The van der Waals surface area contributed by atoms with E-state index in [2.05, 4.69) is 15.5 Å². The number of aromatic nitrogens is 2. The molecule has 3 aliphatic heterocycles. The predicted molar refractivity (Wildman–Crippen MR) is 132 cm³/mol. The lowest BCUT2D eigenvalue weighted by Crippen LogP contribution is -2.60. The van der Waals surface area contributed by atoms with Gasteiger partial charge in [0.05, 0.1) is 50.6 Å². The van der Waals surface area contributed by atoms with Crippen LogP contribution in [0.25, 0.3) is 11.8 Å². The monoisotopic (exact) mass is 509 g/mol. The van der Waals surface area contributed by atoms with Crippen LogP contribution >= 0.6 is 0 Å². The molecule has 1 unspecified atom stereocenters. The summed E-state index contributed by atoms with van der Waals surface area (Å²) >= 11 is 0. The smallest absolute Gasteiger partial charge is 0.194 e. The van der Waals surface area contributed by atoms with Gasteiger partial charge in [-0.1, -0.05) is 12.1 Å². The van der Waals surface area contributed by atoms with Gasteiger partial charge in [0.15, 0.2) is 23.3 Å². The van der Waals surface area contributed by atoms with Gasteiger partial charge >= 0.3 is 0 Å². The highest BCUT2D eigenvalue weighted by molar-refractivity contribution is 6.03. The van der Waals surface area contributed by atoms with Crippen molar-refractivity contribution >= 4 is 11.9 Å². The van der Waals surface area contributed by atoms with E-state index in [4.69, 9.17) is 9.47 Å². The minimum atomic E-state index is -1.46. The maximum Gasteiger partial charge on any atom is 0.194 e. The van der Waals surface area contributed by atoms with Crippen molar-refractivity contribution in [2.75, 3.05) is 33.4 Å². The van der Waals surface area contributed by atoms with E-state index >= 15 is 0 Å². The second-order valence-corrected chi connectivity index (χ2v) is 9.90. The molecule has 3 aliphatic rings. The lowest BCUT2D eigenvalue weighted by molar-refractivity contribution is -0.126. The molecule has 10 heteroatoms. The van der Waals surface area contributed by atoms with Crippen LogP contribution in [-0.2, 0) is 4.74 Å². The van der Waals surface area contributed by atoms with Crippen molar-refractivity contribution in [3.63, 3.8) is 0 Å². The van der Waals surface area contributed by atoms with Gasteiger partial charge in [-0.15, -0.1) is 0 Å². The van der Waals surface area contributed by atoms with Crippen molar-refractivity contribution in [1.29, 1.82) is 0 Å². The molecule has 37 heavy (non-hydrogen) atoms. The fourth-order valence-corrected chi connectivity index (χ4v) is 5.40. The Morgan fingerprint density at radius 1 is 1.16 bits per heavy atom. The van der Waals surface area contributed by atoms with Gasteiger partial charge in [0, 0.05) is 23.7 Å². The molecule has 192 valence electrons. The van der Waals surface area contributed by atoms with Gasteiger partial charge in [-0.05, 0) is 48.8 Å². The molecule has 7 nitrogen and oxygen atoms in total. The van der Waals surface area contributed by atoms with Gasteiger partial charge < -0.3 is 24.4 Å². The summed E-state index contributed by atoms with van der Waals surface area (Å²) in [5, 5.41) is 4.56. The van der Waals surface area contributed by atoms with Crippen molar-refractivity contribution in [2.24, 2.45) is 10.5 Å². The molecular weight excluding hydrogens is 483 g/mol.